The van der Waals surface area contributed by atoms with Crippen LogP contribution in [0, 0.1) is 0 Å². The zero-order valence-electron chi connectivity index (χ0n) is 17.7. The van der Waals surface area contributed by atoms with Crippen molar-refractivity contribution in [3.63, 3.8) is 0 Å². The van der Waals surface area contributed by atoms with Gasteiger partial charge in [-0.15, -0.1) is 0 Å². The minimum atomic E-state index is -0.473. The molecule has 0 aromatic heterocycles. The van der Waals surface area contributed by atoms with Crippen molar-refractivity contribution in [1.29, 1.82) is 0 Å². The molecule has 0 atom stereocenters. The van der Waals surface area contributed by atoms with Crippen LogP contribution < -0.4 is 9.47 Å². The Kier molecular flexibility index (Phi) is 10.7. The number of methoxy groups -OCH3 is 3. The van der Waals surface area contributed by atoms with Gasteiger partial charge in [-0.25, -0.2) is 0 Å². The number of ether oxygens (including phenoxy) is 3. The standard InChI is InChI=1S/C23H32O5/c1-17(9-7-11-20(24)16-23(25)28-5)8-6-10-18(2)14-19-15-21(26-3)12-13-22(19)27-4/h9-10,12-13,15H,6-8,11,14,16H2,1-5H3. The number of Topliss-reactive ketones (excluding diaryl/α,β-unsaturated/α-hetero) is 1. The number of rotatable bonds is 12. The monoisotopic (exact) mass is 388 g/mol. The number of carbonyl (C=O) groups is 2. The zero-order chi connectivity index (χ0) is 20.9. The van der Waals surface area contributed by atoms with Gasteiger partial charge in [0.1, 0.15) is 23.7 Å². The van der Waals surface area contributed by atoms with Gasteiger partial charge in [-0.1, -0.05) is 23.3 Å². The van der Waals surface area contributed by atoms with Gasteiger partial charge < -0.3 is 14.2 Å². The number of allylic oxidation sites excluding steroid dienone is 4. The van der Waals surface area contributed by atoms with Crippen LogP contribution in [0.1, 0.15) is 51.5 Å². The maximum atomic E-state index is 11.6. The van der Waals surface area contributed by atoms with Crippen LogP contribution in [0.2, 0.25) is 0 Å². The summed E-state index contributed by atoms with van der Waals surface area (Å²) in [5.41, 5.74) is 3.62. The Hall–Kier alpha value is -2.56. The van der Waals surface area contributed by atoms with E-state index in [1.807, 2.05) is 18.2 Å². The predicted molar refractivity (Wildman–Crippen MR) is 111 cm³/mol. The van der Waals surface area contributed by atoms with Crippen LogP contribution >= 0.6 is 0 Å². The molecule has 0 bridgehead atoms. The van der Waals surface area contributed by atoms with Gasteiger partial charge in [-0.05, 0) is 57.7 Å². The van der Waals surface area contributed by atoms with E-state index in [2.05, 4.69) is 30.7 Å². The second-order valence-corrected chi connectivity index (χ2v) is 6.82. The Balaban J connectivity index is 2.47. The third kappa shape index (κ3) is 8.89. The molecule has 0 amide bonds. The lowest BCUT2D eigenvalue weighted by molar-refractivity contribution is -0.143. The highest BCUT2D eigenvalue weighted by Gasteiger charge is 2.08. The van der Waals surface area contributed by atoms with E-state index in [1.54, 1.807) is 14.2 Å². The van der Waals surface area contributed by atoms with E-state index in [9.17, 15) is 9.59 Å². The van der Waals surface area contributed by atoms with Gasteiger partial charge in [0.25, 0.3) is 0 Å². The van der Waals surface area contributed by atoms with Crippen molar-refractivity contribution in [2.45, 2.75) is 52.4 Å². The number of ketones is 1. The highest BCUT2D eigenvalue weighted by molar-refractivity contribution is 5.95. The fourth-order valence-electron chi connectivity index (χ4n) is 2.84. The molecule has 0 spiro atoms. The first-order valence-corrected chi connectivity index (χ1v) is 9.50. The molecular weight excluding hydrogens is 356 g/mol. The number of benzene rings is 1. The molecule has 0 aliphatic carbocycles. The first-order valence-electron chi connectivity index (χ1n) is 9.50. The summed E-state index contributed by atoms with van der Waals surface area (Å²) in [6.07, 6.45) is 7.89. The molecule has 0 saturated carbocycles. The minimum Gasteiger partial charge on any atom is -0.497 e. The van der Waals surface area contributed by atoms with E-state index >= 15 is 0 Å². The van der Waals surface area contributed by atoms with E-state index in [0.29, 0.717) is 12.8 Å². The second kappa shape index (κ2) is 12.8. The molecule has 0 aliphatic rings. The summed E-state index contributed by atoms with van der Waals surface area (Å²) >= 11 is 0. The summed E-state index contributed by atoms with van der Waals surface area (Å²) in [7, 11) is 4.63. The largest absolute Gasteiger partial charge is 0.497 e. The number of carbonyl (C=O) groups excluding carboxylic acids is 2. The second-order valence-electron chi connectivity index (χ2n) is 6.82. The number of esters is 1. The molecule has 0 aliphatic heterocycles. The van der Waals surface area contributed by atoms with Crippen LogP contribution in [0.5, 0.6) is 11.5 Å². The highest BCUT2D eigenvalue weighted by atomic mass is 16.5. The van der Waals surface area contributed by atoms with Crippen LogP contribution in [0.25, 0.3) is 0 Å². The Morgan fingerprint density at radius 2 is 1.61 bits per heavy atom. The number of hydrogen-bond donors (Lipinski definition) is 0. The van der Waals surface area contributed by atoms with Gasteiger partial charge >= 0.3 is 5.97 Å². The molecule has 1 aromatic rings. The van der Waals surface area contributed by atoms with Crippen molar-refractivity contribution in [2.75, 3.05) is 21.3 Å². The van der Waals surface area contributed by atoms with E-state index in [1.165, 1.54) is 18.3 Å². The van der Waals surface area contributed by atoms with Crippen molar-refractivity contribution >= 4 is 11.8 Å². The molecule has 0 fully saturated rings. The van der Waals surface area contributed by atoms with E-state index < -0.39 is 5.97 Å². The molecule has 5 heteroatoms. The van der Waals surface area contributed by atoms with Gasteiger partial charge in [0, 0.05) is 12.0 Å². The quantitative estimate of drug-likeness (QED) is 0.291. The Labute approximate surface area is 168 Å². The Morgan fingerprint density at radius 3 is 2.25 bits per heavy atom. The molecule has 0 saturated heterocycles. The van der Waals surface area contributed by atoms with Gasteiger partial charge in [-0.2, -0.15) is 0 Å². The summed E-state index contributed by atoms with van der Waals surface area (Å²) in [4.78, 5) is 22.7. The fraction of sp³-hybridized carbons (Fsp3) is 0.478. The minimum absolute atomic E-state index is 0.0844. The molecule has 1 rings (SSSR count). The van der Waals surface area contributed by atoms with Crippen molar-refractivity contribution in [3.05, 3.63) is 47.1 Å². The average molecular weight is 389 g/mol. The fourth-order valence-corrected chi connectivity index (χ4v) is 2.84. The normalized spacial score (nSPS) is 11.9. The molecule has 0 heterocycles. The lowest BCUT2D eigenvalue weighted by atomic mass is 10.0. The molecule has 0 unspecified atom stereocenters. The summed E-state index contributed by atoms with van der Waals surface area (Å²) in [6.45, 7) is 4.18. The first kappa shape index (κ1) is 23.5. The maximum absolute atomic E-state index is 11.6. The topological polar surface area (TPSA) is 61.8 Å². The van der Waals surface area contributed by atoms with E-state index in [0.717, 1.165) is 36.3 Å². The maximum Gasteiger partial charge on any atom is 0.313 e. The van der Waals surface area contributed by atoms with Crippen LogP contribution in [0.15, 0.2) is 41.5 Å². The lowest BCUT2D eigenvalue weighted by Crippen LogP contribution is -2.08. The van der Waals surface area contributed by atoms with Crippen LogP contribution in [-0.2, 0) is 20.7 Å². The van der Waals surface area contributed by atoms with Crippen LogP contribution in [0.4, 0.5) is 0 Å². The van der Waals surface area contributed by atoms with Crippen molar-refractivity contribution < 1.29 is 23.8 Å². The van der Waals surface area contributed by atoms with E-state index in [-0.39, 0.29) is 12.2 Å². The number of hydrogen-bond acceptors (Lipinski definition) is 5. The summed E-state index contributed by atoms with van der Waals surface area (Å²) < 4.78 is 15.2. The van der Waals surface area contributed by atoms with Crippen molar-refractivity contribution in [1.82, 2.24) is 0 Å². The van der Waals surface area contributed by atoms with Crippen LogP contribution in [-0.4, -0.2) is 33.1 Å². The van der Waals surface area contributed by atoms with Crippen molar-refractivity contribution in [3.8, 4) is 11.5 Å². The van der Waals surface area contributed by atoms with Gasteiger partial charge in [0.05, 0.1) is 21.3 Å². The molecule has 0 radical (unpaired) electrons. The average Bonchev–Trinajstić information content (AvgIpc) is 2.67. The van der Waals surface area contributed by atoms with Gasteiger partial charge in [0.2, 0.25) is 0 Å². The molecule has 1 aromatic carbocycles. The third-order valence-electron chi connectivity index (χ3n) is 4.47. The lowest BCUT2D eigenvalue weighted by Gasteiger charge is -2.11. The molecule has 154 valence electrons. The van der Waals surface area contributed by atoms with Crippen molar-refractivity contribution in [2.24, 2.45) is 0 Å². The Bertz CT molecular complexity index is 716. The molecule has 28 heavy (non-hydrogen) atoms. The smallest absolute Gasteiger partial charge is 0.313 e. The predicted octanol–water partition coefficient (Wildman–Crippen LogP) is 4.83. The summed E-state index contributed by atoms with van der Waals surface area (Å²) in [6, 6.07) is 5.83. The summed E-state index contributed by atoms with van der Waals surface area (Å²) in [5.74, 6) is 1.13. The highest BCUT2D eigenvalue weighted by Crippen LogP contribution is 2.26. The van der Waals surface area contributed by atoms with Gasteiger partial charge in [0.15, 0.2) is 0 Å². The SMILES string of the molecule is COC(=O)CC(=O)CCC=C(C)CCC=C(C)Cc1cc(OC)ccc1OC. The molecule has 5 nitrogen and oxygen atoms in total. The molecular formula is C23H32O5. The first-order chi connectivity index (χ1) is 13.4. The van der Waals surface area contributed by atoms with Crippen LogP contribution in [0.3, 0.4) is 0 Å². The zero-order valence-corrected chi connectivity index (χ0v) is 17.7. The Morgan fingerprint density at radius 1 is 0.929 bits per heavy atom. The van der Waals surface area contributed by atoms with Gasteiger partial charge in [-0.3, -0.25) is 9.59 Å². The summed E-state index contributed by atoms with van der Waals surface area (Å²) in [5, 5.41) is 0. The molecule has 0 N–H and O–H groups in total. The van der Waals surface area contributed by atoms with E-state index in [4.69, 9.17) is 9.47 Å². The third-order valence-corrected chi connectivity index (χ3v) is 4.47.